The van der Waals surface area contributed by atoms with Crippen molar-refractivity contribution in [2.75, 3.05) is 11.9 Å². The van der Waals surface area contributed by atoms with Gasteiger partial charge in [-0.25, -0.2) is 0 Å². The minimum Gasteiger partial charge on any atom is -0.492 e. The molecule has 2 rings (SSSR count). The molecule has 0 saturated heterocycles. The quantitative estimate of drug-likeness (QED) is 0.695. The molecule has 0 spiro atoms. The van der Waals surface area contributed by atoms with Crippen LogP contribution < -0.4 is 10.1 Å². The van der Waals surface area contributed by atoms with Crippen LogP contribution in [0.15, 0.2) is 36.4 Å². The average molecular weight is 345 g/mol. The molecule has 0 saturated carbocycles. The molecule has 0 aliphatic heterocycles. The lowest BCUT2D eigenvalue weighted by Crippen LogP contribution is -2.09. The van der Waals surface area contributed by atoms with Crippen molar-refractivity contribution < 1.29 is 4.74 Å². The molecule has 2 nitrogen and oxygen atoms in total. The molecular weight excluding hydrogens is 329 g/mol. The second kappa shape index (κ2) is 7.26. The Morgan fingerprint density at radius 1 is 1.05 bits per heavy atom. The van der Waals surface area contributed by atoms with Crippen LogP contribution in [0, 0.1) is 0 Å². The van der Waals surface area contributed by atoms with E-state index in [1.54, 1.807) is 18.2 Å². The van der Waals surface area contributed by atoms with Crippen LogP contribution in [0.5, 0.6) is 5.75 Å². The number of hydrogen-bond acceptors (Lipinski definition) is 2. The molecule has 0 fully saturated rings. The van der Waals surface area contributed by atoms with Crippen LogP contribution in [0.4, 0.5) is 5.69 Å². The molecular formula is C16H16Cl3NO. The Morgan fingerprint density at radius 3 is 2.43 bits per heavy atom. The number of nitrogens with one attached hydrogen (secondary N) is 1. The summed E-state index contributed by atoms with van der Waals surface area (Å²) in [5.74, 6) is 0.756. The maximum atomic E-state index is 6.23. The molecule has 0 amide bonds. The number of ether oxygens (including phenoxy) is 1. The molecule has 0 heterocycles. The van der Waals surface area contributed by atoms with Crippen molar-refractivity contribution in [3.05, 3.63) is 57.0 Å². The van der Waals surface area contributed by atoms with Gasteiger partial charge >= 0.3 is 0 Å². The highest BCUT2D eigenvalue weighted by Crippen LogP contribution is 2.33. The lowest BCUT2D eigenvalue weighted by molar-refractivity contribution is 0.341. The van der Waals surface area contributed by atoms with Crippen molar-refractivity contribution in [2.45, 2.75) is 19.9 Å². The third kappa shape index (κ3) is 4.19. The molecule has 0 radical (unpaired) electrons. The van der Waals surface area contributed by atoms with E-state index in [-0.39, 0.29) is 6.04 Å². The minimum absolute atomic E-state index is 0.0335. The average Bonchev–Trinajstić information content (AvgIpc) is 2.44. The van der Waals surface area contributed by atoms with Crippen molar-refractivity contribution in [3.8, 4) is 5.75 Å². The summed E-state index contributed by atoms with van der Waals surface area (Å²) in [6.45, 7) is 4.53. The van der Waals surface area contributed by atoms with Crippen LogP contribution in [-0.4, -0.2) is 6.61 Å². The van der Waals surface area contributed by atoms with Gasteiger partial charge < -0.3 is 10.1 Å². The molecule has 0 bridgehead atoms. The standard InChI is InChI=1S/C16H16Cl3NO/c1-3-21-16-7-5-12(18)9-15(16)20-10(2)13-8-11(17)4-6-14(13)19/h4-10,20H,3H2,1-2H3. The van der Waals surface area contributed by atoms with Gasteiger partial charge in [0.15, 0.2) is 0 Å². The highest BCUT2D eigenvalue weighted by molar-refractivity contribution is 6.33. The normalized spacial score (nSPS) is 12.0. The fourth-order valence-corrected chi connectivity index (χ4v) is 2.69. The topological polar surface area (TPSA) is 21.3 Å². The summed E-state index contributed by atoms with van der Waals surface area (Å²) in [7, 11) is 0. The maximum Gasteiger partial charge on any atom is 0.142 e. The minimum atomic E-state index is -0.0335. The van der Waals surface area contributed by atoms with E-state index in [9.17, 15) is 0 Å². The van der Waals surface area contributed by atoms with Crippen molar-refractivity contribution in [3.63, 3.8) is 0 Å². The Labute approximate surface area is 140 Å². The summed E-state index contributed by atoms with van der Waals surface area (Å²) in [5.41, 5.74) is 1.75. The van der Waals surface area contributed by atoms with Crippen LogP contribution in [0.1, 0.15) is 25.5 Å². The summed E-state index contributed by atoms with van der Waals surface area (Å²) in [4.78, 5) is 0. The van der Waals surface area contributed by atoms with Crippen LogP contribution in [0.3, 0.4) is 0 Å². The summed E-state index contributed by atoms with van der Waals surface area (Å²) < 4.78 is 5.60. The molecule has 112 valence electrons. The van der Waals surface area contributed by atoms with Crippen molar-refractivity contribution in [1.29, 1.82) is 0 Å². The van der Waals surface area contributed by atoms with E-state index >= 15 is 0 Å². The first-order chi connectivity index (χ1) is 10.0. The van der Waals surface area contributed by atoms with Crippen LogP contribution in [0.2, 0.25) is 15.1 Å². The van der Waals surface area contributed by atoms with Crippen molar-refractivity contribution >= 4 is 40.5 Å². The lowest BCUT2D eigenvalue weighted by Gasteiger charge is -2.20. The van der Waals surface area contributed by atoms with E-state index in [0.717, 1.165) is 17.0 Å². The second-order valence-electron chi connectivity index (χ2n) is 4.61. The van der Waals surface area contributed by atoms with Gasteiger partial charge in [-0.1, -0.05) is 34.8 Å². The van der Waals surface area contributed by atoms with Gasteiger partial charge in [0.2, 0.25) is 0 Å². The zero-order chi connectivity index (χ0) is 15.4. The van der Waals surface area contributed by atoms with Crippen molar-refractivity contribution in [2.24, 2.45) is 0 Å². The molecule has 0 aromatic heterocycles. The maximum absolute atomic E-state index is 6.23. The number of benzene rings is 2. The van der Waals surface area contributed by atoms with E-state index in [1.807, 2.05) is 32.0 Å². The van der Waals surface area contributed by atoms with E-state index in [4.69, 9.17) is 39.5 Å². The van der Waals surface area contributed by atoms with Gasteiger partial charge in [0.25, 0.3) is 0 Å². The fraction of sp³-hybridized carbons (Fsp3) is 0.250. The molecule has 0 aliphatic rings. The Morgan fingerprint density at radius 2 is 1.71 bits per heavy atom. The molecule has 5 heteroatoms. The Bertz CT molecular complexity index is 631. The number of halogens is 3. The number of anilines is 1. The Hall–Kier alpha value is -1.09. The molecule has 1 N–H and O–H groups in total. The summed E-state index contributed by atoms with van der Waals surface area (Å²) >= 11 is 18.3. The first-order valence-corrected chi connectivity index (χ1v) is 7.78. The fourth-order valence-electron chi connectivity index (χ4n) is 2.05. The van der Waals surface area contributed by atoms with Gasteiger partial charge in [-0.3, -0.25) is 0 Å². The van der Waals surface area contributed by atoms with E-state index in [2.05, 4.69) is 5.32 Å². The number of hydrogen-bond donors (Lipinski definition) is 1. The third-order valence-electron chi connectivity index (χ3n) is 3.04. The van der Waals surface area contributed by atoms with Gasteiger partial charge in [0.1, 0.15) is 5.75 Å². The zero-order valence-electron chi connectivity index (χ0n) is 11.8. The summed E-state index contributed by atoms with van der Waals surface area (Å²) in [6, 6.07) is 10.9. The predicted molar refractivity (Wildman–Crippen MR) is 91.1 cm³/mol. The molecule has 1 unspecified atom stereocenters. The van der Waals surface area contributed by atoms with Crippen molar-refractivity contribution in [1.82, 2.24) is 0 Å². The zero-order valence-corrected chi connectivity index (χ0v) is 14.1. The van der Waals surface area contributed by atoms with Crippen LogP contribution in [0.25, 0.3) is 0 Å². The molecule has 0 aliphatic carbocycles. The van der Waals surface area contributed by atoms with Gasteiger partial charge in [-0.15, -0.1) is 0 Å². The first kappa shape index (κ1) is 16.3. The largest absolute Gasteiger partial charge is 0.492 e. The molecule has 1 atom stereocenters. The molecule has 2 aromatic rings. The van der Waals surface area contributed by atoms with Gasteiger partial charge in [-0.05, 0) is 55.8 Å². The second-order valence-corrected chi connectivity index (χ2v) is 5.89. The van der Waals surface area contributed by atoms with Crippen LogP contribution in [-0.2, 0) is 0 Å². The van der Waals surface area contributed by atoms with Gasteiger partial charge in [0, 0.05) is 15.1 Å². The molecule has 2 aromatic carbocycles. The van der Waals surface area contributed by atoms with E-state index in [1.165, 1.54) is 0 Å². The highest BCUT2D eigenvalue weighted by atomic mass is 35.5. The van der Waals surface area contributed by atoms with Gasteiger partial charge in [0.05, 0.1) is 18.3 Å². The van der Waals surface area contributed by atoms with Crippen LogP contribution >= 0.6 is 34.8 Å². The Kier molecular flexibility index (Phi) is 5.63. The number of rotatable bonds is 5. The molecule has 21 heavy (non-hydrogen) atoms. The SMILES string of the molecule is CCOc1ccc(Cl)cc1NC(C)c1cc(Cl)ccc1Cl. The highest BCUT2D eigenvalue weighted by Gasteiger charge is 2.13. The third-order valence-corrected chi connectivity index (χ3v) is 3.85. The first-order valence-electron chi connectivity index (χ1n) is 6.65. The summed E-state index contributed by atoms with van der Waals surface area (Å²) in [6.07, 6.45) is 0. The Balaban J connectivity index is 2.28. The van der Waals surface area contributed by atoms with Gasteiger partial charge in [-0.2, -0.15) is 0 Å². The van der Waals surface area contributed by atoms with E-state index < -0.39 is 0 Å². The monoisotopic (exact) mass is 343 g/mol. The lowest BCUT2D eigenvalue weighted by atomic mass is 10.1. The summed E-state index contributed by atoms with van der Waals surface area (Å²) in [5, 5.41) is 5.33. The smallest absolute Gasteiger partial charge is 0.142 e. The predicted octanol–water partition coefficient (Wildman–Crippen LogP) is 6.22. The van der Waals surface area contributed by atoms with E-state index in [0.29, 0.717) is 21.7 Å².